The Morgan fingerprint density at radius 1 is 1.50 bits per heavy atom. The van der Waals surface area contributed by atoms with Crippen molar-refractivity contribution in [2.45, 2.75) is 39.2 Å². The minimum Gasteiger partial charge on any atom is -0.480 e. The quantitative estimate of drug-likeness (QED) is 0.694. The van der Waals surface area contributed by atoms with Crippen LogP contribution in [0.15, 0.2) is 0 Å². The van der Waals surface area contributed by atoms with Crippen LogP contribution in [0.5, 0.6) is 0 Å². The molecular weight excluding hydrogens is 182 g/mol. The molecule has 0 saturated heterocycles. The van der Waals surface area contributed by atoms with Crippen LogP contribution in [0.1, 0.15) is 33.1 Å². The van der Waals surface area contributed by atoms with E-state index in [4.69, 9.17) is 5.11 Å². The van der Waals surface area contributed by atoms with E-state index in [1.165, 1.54) is 0 Å². The second-order valence-electron chi connectivity index (χ2n) is 3.98. The largest absolute Gasteiger partial charge is 0.480 e. The molecule has 14 heavy (non-hydrogen) atoms. The van der Waals surface area contributed by atoms with Crippen molar-refractivity contribution in [1.82, 2.24) is 5.32 Å². The minimum atomic E-state index is -0.937. The highest BCUT2D eigenvalue weighted by atomic mass is 16.4. The Hall–Kier alpha value is -1.06. The zero-order valence-electron chi connectivity index (χ0n) is 8.62. The van der Waals surface area contributed by atoms with Gasteiger partial charge < -0.3 is 10.4 Å². The van der Waals surface area contributed by atoms with Crippen molar-refractivity contribution in [1.29, 1.82) is 0 Å². The topological polar surface area (TPSA) is 66.4 Å². The number of hydrogen-bond donors (Lipinski definition) is 2. The molecule has 0 aromatic rings. The summed E-state index contributed by atoms with van der Waals surface area (Å²) in [6, 6.07) is -0.729. The molecule has 1 amide bonds. The number of hydrogen-bond acceptors (Lipinski definition) is 2. The standard InChI is InChI=1S/C10H17NO3/c1-3-6(2)8(10(13)14)11-9(12)7-4-5-7/h6-8H,3-5H2,1-2H3,(H,11,12)(H,13,14)/t6?,8-/m0/s1. The Kier molecular flexibility index (Phi) is 3.49. The lowest BCUT2D eigenvalue weighted by molar-refractivity contribution is -0.143. The van der Waals surface area contributed by atoms with Crippen LogP contribution in [-0.2, 0) is 9.59 Å². The van der Waals surface area contributed by atoms with Crippen LogP contribution in [0.2, 0.25) is 0 Å². The highest BCUT2D eigenvalue weighted by molar-refractivity contribution is 5.86. The predicted molar refractivity (Wildman–Crippen MR) is 51.7 cm³/mol. The molecule has 0 radical (unpaired) electrons. The van der Waals surface area contributed by atoms with Gasteiger partial charge in [-0.15, -0.1) is 0 Å². The monoisotopic (exact) mass is 199 g/mol. The van der Waals surface area contributed by atoms with Gasteiger partial charge in [0.2, 0.25) is 5.91 Å². The summed E-state index contributed by atoms with van der Waals surface area (Å²) in [5.41, 5.74) is 0. The molecule has 4 heteroatoms. The summed E-state index contributed by atoms with van der Waals surface area (Å²) in [6.45, 7) is 3.76. The first-order chi connectivity index (χ1) is 6.56. The Morgan fingerprint density at radius 3 is 2.43 bits per heavy atom. The maximum atomic E-state index is 11.4. The summed E-state index contributed by atoms with van der Waals surface area (Å²) in [4.78, 5) is 22.2. The number of carboxylic acids is 1. The molecular formula is C10H17NO3. The Morgan fingerprint density at radius 2 is 2.07 bits per heavy atom. The first-order valence-electron chi connectivity index (χ1n) is 5.09. The molecule has 2 atom stereocenters. The van der Waals surface area contributed by atoms with E-state index < -0.39 is 12.0 Å². The van der Waals surface area contributed by atoms with Gasteiger partial charge in [0.25, 0.3) is 0 Å². The fourth-order valence-electron chi connectivity index (χ4n) is 1.30. The van der Waals surface area contributed by atoms with Gasteiger partial charge in [-0.1, -0.05) is 20.3 Å². The van der Waals surface area contributed by atoms with E-state index in [1.54, 1.807) is 0 Å². The summed E-state index contributed by atoms with van der Waals surface area (Å²) in [5.74, 6) is -0.984. The first-order valence-corrected chi connectivity index (χ1v) is 5.09. The third-order valence-electron chi connectivity index (χ3n) is 2.72. The van der Waals surface area contributed by atoms with Gasteiger partial charge in [0.1, 0.15) is 6.04 Å². The average Bonchev–Trinajstić information content (AvgIpc) is 2.95. The zero-order chi connectivity index (χ0) is 10.7. The van der Waals surface area contributed by atoms with Gasteiger partial charge in [-0.3, -0.25) is 4.79 Å². The molecule has 0 aromatic heterocycles. The van der Waals surface area contributed by atoms with Crippen molar-refractivity contribution >= 4 is 11.9 Å². The maximum absolute atomic E-state index is 11.4. The molecule has 0 aliphatic heterocycles. The third kappa shape index (κ3) is 2.72. The Bertz CT molecular complexity index is 236. The van der Waals surface area contributed by atoms with Crippen LogP contribution >= 0.6 is 0 Å². The average molecular weight is 199 g/mol. The highest BCUT2D eigenvalue weighted by Crippen LogP contribution is 2.29. The molecule has 1 saturated carbocycles. The molecule has 1 rings (SSSR count). The number of aliphatic carboxylic acids is 1. The molecule has 1 aliphatic carbocycles. The van der Waals surface area contributed by atoms with Gasteiger partial charge >= 0.3 is 5.97 Å². The van der Waals surface area contributed by atoms with Gasteiger partial charge in [0.15, 0.2) is 0 Å². The van der Waals surface area contributed by atoms with Crippen molar-refractivity contribution in [2.75, 3.05) is 0 Å². The first kappa shape index (κ1) is 11.0. The van der Waals surface area contributed by atoms with E-state index in [-0.39, 0.29) is 17.7 Å². The molecule has 0 spiro atoms. The van der Waals surface area contributed by atoms with Crippen LogP contribution in [-0.4, -0.2) is 23.0 Å². The van der Waals surface area contributed by atoms with E-state index in [1.807, 2.05) is 13.8 Å². The summed E-state index contributed by atoms with van der Waals surface area (Å²) in [7, 11) is 0. The lowest BCUT2D eigenvalue weighted by atomic mass is 9.99. The van der Waals surface area contributed by atoms with Crippen LogP contribution in [0, 0.1) is 11.8 Å². The van der Waals surface area contributed by atoms with Gasteiger partial charge in [-0.2, -0.15) is 0 Å². The zero-order valence-corrected chi connectivity index (χ0v) is 8.62. The van der Waals surface area contributed by atoms with E-state index in [9.17, 15) is 9.59 Å². The predicted octanol–water partition coefficient (Wildman–Crippen LogP) is 1.01. The number of rotatable bonds is 5. The fraction of sp³-hybridized carbons (Fsp3) is 0.800. The van der Waals surface area contributed by atoms with E-state index in [0.29, 0.717) is 0 Å². The third-order valence-corrected chi connectivity index (χ3v) is 2.72. The second-order valence-corrected chi connectivity index (χ2v) is 3.98. The Labute approximate surface area is 83.7 Å². The smallest absolute Gasteiger partial charge is 0.326 e. The summed E-state index contributed by atoms with van der Waals surface area (Å²) < 4.78 is 0. The van der Waals surface area contributed by atoms with Crippen LogP contribution in [0.25, 0.3) is 0 Å². The molecule has 1 aliphatic rings. The normalized spacial score (nSPS) is 19.9. The number of carboxylic acid groups (broad SMARTS) is 1. The number of carbonyl (C=O) groups excluding carboxylic acids is 1. The van der Waals surface area contributed by atoms with Gasteiger partial charge in [-0.05, 0) is 18.8 Å². The maximum Gasteiger partial charge on any atom is 0.326 e. The van der Waals surface area contributed by atoms with Crippen LogP contribution < -0.4 is 5.32 Å². The number of amides is 1. The van der Waals surface area contributed by atoms with Crippen molar-refractivity contribution < 1.29 is 14.7 Å². The molecule has 80 valence electrons. The lowest BCUT2D eigenvalue weighted by Gasteiger charge is -2.19. The summed E-state index contributed by atoms with van der Waals surface area (Å²) >= 11 is 0. The van der Waals surface area contributed by atoms with E-state index >= 15 is 0 Å². The minimum absolute atomic E-state index is 0.0183. The molecule has 2 N–H and O–H groups in total. The molecule has 4 nitrogen and oxygen atoms in total. The fourth-order valence-corrected chi connectivity index (χ4v) is 1.30. The lowest BCUT2D eigenvalue weighted by Crippen LogP contribution is -2.45. The van der Waals surface area contributed by atoms with Crippen LogP contribution in [0.4, 0.5) is 0 Å². The molecule has 1 unspecified atom stereocenters. The summed E-state index contributed by atoms with van der Waals surface area (Å²) in [5, 5.41) is 11.5. The number of nitrogens with one attached hydrogen (secondary N) is 1. The molecule has 0 bridgehead atoms. The van der Waals surface area contributed by atoms with Crippen molar-refractivity contribution in [3.05, 3.63) is 0 Å². The van der Waals surface area contributed by atoms with Crippen molar-refractivity contribution in [2.24, 2.45) is 11.8 Å². The van der Waals surface area contributed by atoms with Gasteiger partial charge in [0, 0.05) is 5.92 Å². The second kappa shape index (κ2) is 4.44. The highest BCUT2D eigenvalue weighted by Gasteiger charge is 2.33. The van der Waals surface area contributed by atoms with Crippen molar-refractivity contribution in [3.8, 4) is 0 Å². The van der Waals surface area contributed by atoms with E-state index in [2.05, 4.69) is 5.32 Å². The van der Waals surface area contributed by atoms with Gasteiger partial charge in [0.05, 0.1) is 0 Å². The number of carbonyl (C=O) groups is 2. The van der Waals surface area contributed by atoms with E-state index in [0.717, 1.165) is 19.3 Å². The van der Waals surface area contributed by atoms with Crippen molar-refractivity contribution in [3.63, 3.8) is 0 Å². The molecule has 1 fully saturated rings. The SMILES string of the molecule is CCC(C)[C@H](NC(=O)C1CC1)C(=O)O. The molecule has 0 aromatic carbocycles. The summed E-state index contributed by atoms with van der Waals surface area (Å²) in [6.07, 6.45) is 2.55. The van der Waals surface area contributed by atoms with Crippen LogP contribution in [0.3, 0.4) is 0 Å². The Balaban J connectivity index is 2.49. The van der Waals surface area contributed by atoms with Gasteiger partial charge in [-0.25, -0.2) is 4.79 Å². The molecule has 0 heterocycles.